The van der Waals surface area contributed by atoms with Gasteiger partial charge >= 0.3 is 0 Å². The van der Waals surface area contributed by atoms with E-state index in [0.29, 0.717) is 35.9 Å². The molecule has 29 heavy (non-hydrogen) atoms. The van der Waals surface area contributed by atoms with Gasteiger partial charge in [0.05, 0.1) is 35.9 Å². The molecule has 0 aromatic rings. The molecule has 2 saturated heterocycles. The Kier molecular flexibility index (Phi) is 2.88. The molecule has 16 unspecified atom stereocenters. The van der Waals surface area contributed by atoms with Crippen LogP contribution in [0.15, 0.2) is 12.2 Å². The number of allylic oxidation sites excluding steroid dienone is 2. The second kappa shape index (κ2) is 4.97. The maximum Gasteiger partial charge on any atom is 0.0775 e. The van der Waals surface area contributed by atoms with Gasteiger partial charge in [-0.1, -0.05) is 12.2 Å². The van der Waals surface area contributed by atoms with Crippen LogP contribution in [0, 0.1) is 88.3 Å². The maximum atomic E-state index is 10.1. The molecule has 3 nitrogen and oxygen atoms in total. The van der Waals surface area contributed by atoms with Crippen molar-refractivity contribution in [1.29, 1.82) is 5.26 Å². The fourth-order valence-corrected chi connectivity index (χ4v) is 11.2. The number of hydrogen-bond acceptors (Lipinski definition) is 3. The summed E-state index contributed by atoms with van der Waals surface area (Å²) in [7, 11) is 0. The minimum Gasteiger partial charge on any atom is -0.374 e. The quantitative estimate of drug-likeness (QED) is 0.495. The van der Waals surface area contributed by atoms with Gasteiger partial charge in [-0.3, -0.25) is 0 Å². The van der Waals surface area contributed by atoms with Crippen LogP contribution < -0.4 is 0 Å². The lowest BCUT2D eigenvalue weighted by Gasteiger charge is -2.49. The summed E-state index contributed by atoms with van der Waals surface area (Å²) >= 11 is 0. The van der Waals surface area contributed by atoms with Crippen LogP contribution in [0.1, 0.15) is 40.0 Å². The summed E-state index contributed by atoms with van der Waals surface area (Å²) in [5.74, 6) is 9.71. The number of fused-ring (bicyclic) bond motifs is 23. The van der Waals surface area contributed by atoms with Gasteiger partial charge in [-0.15, -0.1) is 0 Å². The Hall–Kier alpha value is -0.850. The van der Waals surface area contributed by atoms with Crippen molar-refractivity contribution in [3.05, 3.63) is 12.2 Å². The zero-order valence-electron chi connectivity index (χ0n) is 17.8. The van der Waals surface area contributed by atoms with E-state index < -0.39 is 0 Å². The molecule has 154 valence electrons. The number of nitriles is 1. The molecule has 0 aromatic carbocycles. The Balaban J connectivity index is 1.16. The molecule has 8 aliphatic rings. The predicted octanol–water partition coefficient (Wildman–Crippen LogP) is 4.29. The van der Waals surface area contributed by atoms with Gasteiger partial charge in [0, 0.05) is 0 Å². The van der Waals surface area contributed by atoms with Crippen LogP contribution in [0.25, 0.3) is 0 Å². The standard InChI is InChI=1S/C26H33NO2/c1-26(2,3)29-23-15-7-12(16(23)9-27)19-22(15)25-21-14-8-13(20(21)24(19)28-25)17-10-4-5-11(6-10)18(14)17/h4-5,10-25H,6-8H2,1-3H3. The summed E-state index contributed by atoms with van der Waals surface area (Å²) in [4.78, 5) is 0. The van der Waals surface area contributed by atoms with Gasteiger partial charge in [0.25, 0.3) is 0 Å². The maximum absolute atomic E-state index is 10.1. The first-order valence-corrected chi connectivity index (χ1v) is 12.4. The summed E-state index contributed by atoms with van der Waals surface area (Å²) in [5, 5.41) is 10.1. The molecule has 0 amide bonds. The average Bonchev–Trinajstić information content (AvgIpc) is 3.50. The monoisotopic (exact) mass is 391 g/mol. The first-order valence-electron chi connectivity index (χ1n) is 12.4. The number of hydrogen-bond donors (Lipinski definition) is 0. The highest BCUT2D eigenvalue weighted by atomic mass is 16.5. The summed E-state index contributed by atoms with van der Waals surface area (Å²) in [6, 6.07) is 2.70. The smallest absolute Gasteiger partial charge is 0.0775 e. The normalized spacial score (nSPS) is 66.6. The molecule has 8 bridgehead atoms. The molecule has 8 rings (SSSR count). The first kappa shape index (κ1) is 16.8. The van der Waals surface area contributed by atoms with Crippen LogP contribution in [0.2, 0.25) is 0 Å². The molecular formula is C26H33NO2. The summed E-state index contributed by atoms with van der Waals surface area (Å²) in [6.07, 6.45) is 10.4. The lowest BCUT2D eigenvalue weighted by molar-refractivity contribution is -0.122. The average molecular weight is 392 g/mol. The van der Waals surface area contributed by atoms with E-state index in [1.54, 1.807) is 0 Å². The van der Waals surface area contributed by atoms with E-state index >= 15 is 0 Å². The van der Waals surface area contributed by atoms with Crippen molar-refractivity contribution >= 4 is 0 Å². The molecule has 0 aromatic heterocycles. The van der Waals surface area contributed by atoms with Crippen LogP contribution in [-0.4, -0.2) is 23.9 Å². The highest BCUT2D eigenvalue weighted by Gasteiger charge is 2.78. The molecule has 16 atom stereocenters. The summed E-state index contributed by atoms with van der Waals surface area (Å²) in [5.41, 5.74) is -0.171. The van der Waals surface area contributed by atoms with E-state index in [4.69, 9.17) is 9.47 Å². The van der Waals surface area contributed by atoms with Gasteiger partial charge < -0.3 is 9.47 Å². The topological polar surface area (TPSA) is 42.2 Å². The van der Waals surface area contributed by atoms with Crippen LogP contribution in [0.4, 0.5) is 0 Å². The molecule has 2 heterocycles. The third kappa shape index (κ3) is 1.75. The van der Waals surface area contributed by atoms with Crippen LogP contribution in [0.5, 0.6) is 0 Å². The zero-order chi connectivity index (χ0) is 19.4. The van der Waals surface area contributed by atoms with Crippen LogP contribution >= 0.6 is 0 Å². The Morgan fingerprint density at radius 3 is 1.93 bits per heavy atom. The van der Waals surface area contributed by atoms with Gasteiger partial charge in [-0.2, -0.15) is 5.26 Å². The second-order valence-corrected chi connectivity index (χ2v) is 13.0. The van der Waals surface area contributed by atoms with Crippen molar-refractivity contribution in [2.45, 2.75) is 63.9 Å². The van der Waals surface area contributed by atoms with Crippen molar-refractivity contribution < 1.29 is 9.47 Å². The fourth-order valence-electron chi connectivity index (χ4n) is 11.2. The van der Waals surface area contributed by atoms with E-state index in [2.05, 4.69) is 39.0 Å². The van der Waals surface area contributed by atoms with Crippen LogP contribution in [0.3, 0.4) is 0 Å². The van der Waals surface area contributed by atoms with E-state index in [-0.39, 0.29) is 17.6 Å². The van der Waals surface area contributed by atoms with Crippen molar-refractivity contribution in [1.82, 2.24) is 0 Å². The van der Waals surface area contributed by atoms with E-state index in [1.165, 1.54) is 19.3 Å². The lowest BCUT2D eigenvalue weighted by atomic mass is 9.54. The minimum atomic E-state index is -0.171. The Bertz CT molecular complexity index is 852. The van der Waals surface area contributed by atoms with Crippen LogP contribution in [-0.2, 0) is 9.47 Å². The molecule has 6 aliphatic carbocycles. The van der Waals surface area contributed by atoms with Crippen molar-refractivity contribution in [2.75, 3.05) is 0 Å². The second-order valence-electron chi connectivity index (χ2n) is 13.0. The Labute approximate surface area is 174 Å². The molecule has 2 aliphatic heterocycles. The van der Waals surface area contributed by atoms with Gasteiger partial charge in [-0.05, 0) is 111 Å². The van der Waals surface area contributed by atoms with Gasteiger partial charge in [-0.25, -0.2) is 0 Å². The minimum absolute atomic E-state index is 0.0821. The summed E-state index contributed by atoms with van der Waals surface area (Å²) in [6.45, 7) is 6.45. The third-order valence-corrected chi connectivity index (χ3v) is 11.2. The number of rotatable bonds is 1. The van der Waals surface area contributed by atoms with Crippen molar-refractivity contribution in [3.63, 3.8) is 0 Å². The van der Waals surface area contributed by atoms with E-state index in [9.17, 15) is 5.26 Å². The predicted molar refractivity (Wildman–Crippen MR) is 107 cm³/mol. The van der Waals surface area contributed by atoms with Gasteiger partial charge in [0.15, 0.2) is 0 Å². The highest BCUT2D eigenvalue weighted by molar-refractivity contribution is 5.29. The third-order valence-electron chi connectivity index (χ3n) is 11.2. The van der Waals surface area contributed by atoms with Crippen molar-refractivity contribution in [3.8, 4) is 6.07 Å². The number of nitrogens with zero attached hydrogens (tertiary/aromatic N) is 1. The lowest BCUT2D eigenvalue weighted by Crippen LogP contribution is -2.53. The fraction of sp³-hybridized carbons (Fsp3) is 0.885. The summed E-state index contributed by atoms with van der Waals surface area (Å²) < 4.78 is 13.5. The molecule has 0 N–H and O–H groups in total. The SMILES string of the molecule is CC(C)(C)OC1C(C#N)C2CC1C1C3OC(C21)C1C2CC(C4C5C=CC(C5)C24)C31. The van der Waals surface area contributed by atoms with Gasteiger partial charge in [0.1, 0.15) is 0 Å². The molecule has 5 saturated carbocycles. The van der Waals surface area contributed by atoms with E-state index in [0.717, 1.165) is 47.3 Å². The molecule has 0 radical (unpaired) electrons. The first-order chi connectivity index (χ1) is 14.0. The molecule has 3 heteroatoms. The Morgan fingerprint density at radius 2 is 1.34 bits per heavy atom. The molecule has 7 fully saturated rings. The molecule has 0 spiro atoms. The molecular weight excluding hydrogens is 358 g/mol. The highest BCUT2D eigenvalue weighted by Crippen LogP contribution is 2.77. The van der Waals surface area contributed by atoms with Crippen molar-refractivity contribution in [2.24, 2.45) is 76.9 Å². The van der Waals surface area contributed by atoms with Gasteiger partial charge in [0.2, 0.25) is 0 Å². The zero-order valence-corrected chi connectivity index (χ0v) is 17.8. The Morgan fingerprint density at radius 1 is 0.793 bits per heavy atom. The number of ether oxygens (including phenoxy) is 2. The van der Waals surface area contributed by atoms with E-state index in [1.807, 2.05) is 0 Å². The largest absolute Gasteiger partial charge is 0.374 e.